The van der Waals surface area contributed by atoms with Gasteiger partial charge in [0.05, 0.1) is 44.9 Å². The number of fused-ring (bicyclic) bond motifs is 3. The number of pyridine rings is 2. The van der Waals surface area contributed by atoms with E-state index in [9.17, 15) is 8.42 Å². The summed E-state index contributed by atoms with van der Waals surface area (Å²) in [7, 11) is -1.22. The van der Waals surface area contributed by atoms with Crippen molar-refractivity contribution in [2.24, 2.45) is 13.0 Å². The lowest BCUT2D eigenvalue weighted by Gasteiger charge is -2.34. The van der Waals surface area contributed by atoms with Crippen molar-refractivity contribution in [2.75, 3.05) is 37.5 Å². The fourth-order valence-electron chi connectivity index (χ4n) is 7.12. The largest absolute Gasteiger partial charge is 0.381 e. The van der Waals surface area contributed by atoms with E-state index in [1.54, 1.807) is 16.9 Å². The number of ether oxygens (including phenoxy) is 1. The minimum Gasteiger partial charge on any atom is -0.381 e. The third-order valence-electron chi connectivity index (χ3n) is 9.36. The third kappa shape index (κ3) is 5.03. The Hall–Kier alpha value is -3.90. The topological polar surface area (TPSA) is 108 Å². The number of hydrogen-bond donors (Lipinski definition) is 0. The summed E-state index contributed by atoms with van der Waals surface area (Å²) in [5.74, 6) is -0.251. The maximum atomic E-state index is 15.7. The molecule has 0 N–H and O–H groups in total. The van der Waals surface area contributed by atoms with E-state index in [0.29, 0.717) is 44.8 Å². The molecule has 2 fully saturated rings. The van der Waals surface area contributed by atoms with E-state index in [0.717, 1.165) is 57.4 Å². The van der Waals surface area contributed by atoms with E-state index in [1.165, 1.54) is 12.3 Å². The molecule has 2 aliphatic rings. The molecule has 1 atom stereocenters. The van der Waals surface area contributed by atoms with E-state index in [1.807, 2.05) is 20.2 Å². The van der Waals surface area contributed by atoms with Gasteiger partial charge in [-0.05, 0) is 74.9 Å². The van der Waals surface area contributed by atoms with Crippen molar-refractivity contribution >= 4 is 37.5 Å². The first kappa shape index (κ1) is 28.8. The molecule has 44 heavy (non-hydrogen) atoms. The lowest BCUT2D eigenvalue weighted by Crippen LogP contribution is -2.39. The van der Waals surface area contributed by atoms with Crippen LogP contribution in [0.5, 0.6) is 0 Å². The second kappa shape index (κ2) is 11.2. The summed E-state index contributed by atoms with van der Waals surface area (Å²) in [6, 6.07) is 11.2. The number of anilines is 1. The van der Waals surface area contributed by atoms with E-state index in [2.05, 4.69) is 49.0 Å². The van der Waals surface area contributed by atoms with E-state index < -0.39 is 15.9 Å². The molecule has 2 saturated heterocycles. The fourth-order valence-corrected chi connectivity index (χ4v) is 8.19. The van der Waals surface area contributed by atoms with Gasteiger partial charge < -0.3 is 14.2 Å². The predicted octanol–water partition coefficient (Wildman–Crippen LogP) is 4.86. The van der Waals surface area contributed by atoms with Gasteiger partial charge in [0.2, 0.25) is 0 Å². The number of benzene rings is 1. The van der Waals surface area contributed by atoms with Crippen LogP contribution in [0.25, 0.3) is 33.2 Å². The van der Waals surface area contributed by atoms with Gasteiger partial charge in [-0.15, -0.1) is 5.10 Å². The predicted molar refractivity (Wildman–Crippen MR) is 168 cm³/mol. The van der Waals surface area contributed by atoms with Gasteiger partial charge >= 0.3 is 0 Å². The molecule has 0 saturated carbocycles. The number of halogens is 1. The highest BCUT2D eigenvalue weighted by atomic mass is 32.2. The van der Waals surface area contributed by atoms with Crippen LogP contribution in [0, 0.1) is 18.7 Å². The number of aromatic nitrogens is 6. The van der Waals surface area contributed by atoms with Crippen LogP contribution >= 0.6 is 0 Å². The van der Waals surface area contributed by atoms with Crippen LogP contribution in [-0.4, -0.2) is 75.8 Å². The lowest BCUT2D eigenvalue weighted by molar-refractivity contribution is 0.0543. The Balaban J connectivity index is 1.45. The number of nitrogens with zero attached hydrogens (tertiary/aromatic N) is 7. The van der Waals surface area contributed by atoms with Crippen LogP contribution in [0.15, 0.2) is 48.8 Å². The Morgan fingerprint density at radius 2 is 1.80 bits per heavy atom. The number of piperidine rings is 1. The summed E-state index contributed by atoms with van der Waals surface area (Å²) in [5, 5.41) is 9.11. The van der Waals surface area contributed by atoms with Crippen LogP contribution in [-0.2, 0) is 21.6 Å². The molecule has 10 nitrogen and oxygen atoms in total. The summed E-state index contributed by atoms with van der Waals surface area (Å²) >= 11 is 0. The molecule has 2 aliphatic heterocycles. The second-order valence-corrected chi connectivity index (χ2v) is 14.4. The van der Waals surface area contributed by atoms with Gasteiger partial charge in [-0.25, -0.2) is 17.5 Å². The molecule has 0 aliphatic carbocycles. The third-order valence-corrected chi connectivity index (χ3v) is 11.0. The number of rotatable bonds is 6. The molecular weight excluding hydrogens is 581 g/mol. The first-order valence-electron chi connectivity index (χ1n) is 15.1. The van der Waals surface area contributed by atoms with Crippen molar-refractivity contribution in [1.29, 1.82) is 0 Å². The lowest BCUT2D eigenvalue weighted by atomic mass is 9.88. The molecule has 0 spiro atoms. The first-order chi connectivity index (χ1) is 21.2. The minimum absolute atomic E-state index is 0.0878. The van der Waals surface area contributed by atoms with Crippen LogP contribution in [0.3, 0.4) is 0 Å². The average molecular weight is 618 g/mol. The molecule has 6 heterocycles. The molecular formula is C32H36FN7O3S. The van der Waals surface area contributed by atoms with E-state index in [-0.39, 0.29) is 17.0 Å². The second-order valence-electron chi connectivity index (χ2n) is 12.1. The van der Waals surface area contributed by atoms with Crippen molar-refractivity contribution < 1.29 is 17.5 Å². The summed E-state index contributed by atoms with van der Waals surface area (Å²) in [4.78, 5) is 11.8. The van der Waals surface area contributed by atoms with Crippen molar-refractivity contribution in [2.45, 2.75) is 43.9 Å². The first-order valence-corrected chi connectivity index (χ1v) is 17.1. The van der Waals surface area contributed by atoms with Crippen molar-refractivity contribution in [3.05, 3.63) is 66.0 Å². The Bertz CT molecular complexity index is 1940. The Morgan fingerprint density at radius 1 is 1.02 bits per heavy atom. The zero-order valence-corrected chi connectivity index (χ0v) is 26.0. The van der Waals surface area contributed by atoms with Crippen molar-refractivity contribution in [3.8, 4) is 11.3 Å². The SMILES string of the molecule is Cc1nnn(C)c1-c1cnc2c3ccc(N4CCC(S(C)(=O)=O)CC4)cc3n(C(c3ncccc3F)C3CCOCC3)c2c1. The Morgan fingerprint density at radius 3 is 2.48 bits per heavy atom. The number of hydrogen-bond acceptors (Lipinski definition) is 8. The van der Waals surface area contributed by atoms with Gasteiger partial charge in [0.1, 0.15) is 15.7 Å². The minimum atomic E-state index is -3.08. The molecule has 1 unspecified atom stereocenters. The number of sulfone groups is 1. The highest BCUT2D eigenvalue weighted by molar-refractivity contribution is 7.91. The summed E-state index contributed by atoms with van der Waals surface area (Å²) in [5.41, 5.74) is 6.61. The number of aryl methyl sites for hydroxylation is 2. The zero-order valence-electron chi connectivity index (χ0n) is 25.1. The molecule has 0 radical (unpaired) electrons. The maximum Gasteiger partial charge on any atom is 0.150 e. The molecule has 0 bridgehead atoms. The van der Waals surface area contributed by atoms with E-state index >= 15 is 4.39 Å². The van der Waals surface area contributed by atoms with Crippen LogP contribution < -0.4 is 4.90 Å². The van der Waals surface area contributed by atoms with Gasteiger partial charge in [0.15, 0.2) is 0 Å². The quantitative estimate of drug-likeness (QED) is 0.266. The molecule has 5 aromatic rings. The highest BCUT2D eigenvalue weighted by Crippen LogP contribution is 2.42. The normalized spacial score (nSPS) is 18.0. The molecule has 4 aromatic heterocycles. The highest BCUT2D eigenvalue weighted by Gasteiger charge is 2.34. The standard InChI is InChI=1S/C32H36FN7O3S/c1-20-31(38(2)37-36-20)22-17-28-29(35-19-22)25-7-6-23(39-13-8-24(9-14-39)44(3,41)42)18-27(25)40(28)32(21-10-15-43-16-11-21)30-26(33)5-4-12-34-30/h4-7,12,17-19,21,24,32H,8-11,13-16H2,1-3H3. The van der Waals surface area contributed by atoms with Crippen LogP contribution in [0.2, 0.25) is 0 Å². The molecule has 1 aromatic carbocycles. The fraction of sp³-hybridized carbons (Fsp3) is 0.438. The molecule has 12 heteroatoms. The molecule has 0 amide bonds. The zero-order chi connectivity index (χ0) is 30.6. The average Bonchev–Trinajstić information content (AvgIpc) is 3.53. The molecule has 7 rings (SSSR count). The van der Waals surface area contributed by atoms with Gasteiger partial charge in [-0.1, -0.05) is 5.21 Å². The summed E-state index contributed by atoms with van der Waals surface area (Å²) in [6.45, 7) is 4.44. The van der Waals surface area contributed by atoms with Crippen LogP contribution in [0.4, 0.5) is 10.1 Å². The summed E-state index contributed by atoms with van der Waals surface area (Å²) in [6.07, 6.45) is 7.57. The van der Waals surface area contributed by atoms with Gasteiger partial charge in [-0.3, -0.25) is 9.97 Å². The maximum absolute atomic E-state index is 15.7. The smallest absolute Gasteiger partial charge is 0.150 e. The summed E-state index contributed by atoms with van der Waals surface area (Å²) < 4.78 is 49.8. The van der Waals surface area contributed by atoms with Crippen molar-refractivity contribution in [1.82, 2.24) is 29.5 Å². The van der Waals surface area contributed by atoms with Gasteiger partial charge in [-0.2, -0.15) is 0 Å². The Kier molecular flexibility index (Phi) is 7.36. The van der Waals surface area contributed by atoms with Gasteiger partial charge in [0.25, 0.3) is 0 Å². The van der Waals surface area contributed by atoms with Gasteiger partial charge in [0, 0.05) is 68.6 Å². The monoisotopic (exact) mass is 617 g/mol. The van der Waals surface area contributed by atoms with Crippen LogP contribution in [0.1, 0.15) is 43.1 Å². The molecule has 230 valence electrons. The van der Waals surface area contributed by atoms with E-state index in [4.69, 9.17) is 9.72 Å². The van der Waals surface area contributed by atoms with Crippen molar-refractivity contribution in [3.63, 3.8) is 0 Å². The Labute approximate surface area is 255 Å².